The molecule has 92 valence electrons. The molecule has 0 aromatic rings. The highest BCUT2D eigenvalue weighted by Gasteiger charge is 2.29. The first-order valence-electron chi connectivity index (χ1n) is 6.48. The summed E-state index contributed by atoms with van der Waals surface area (Å²) >= 11 is 0. The Bertz CT molecular complexity index is 165. The summed E-state index contributed by atoms with van der Waals surface area (Å²) in [5.74, 6) is 0. The van der Waals surface area contributed by atoms with Crippen molar-refractivity contribution < 1.29 is 0 Å². The molecule has 0 aromatic carbocycles. The van der Waals surface area contributed by atoms with Gasteiger partial charge in [-0.1, -0.05) is 41.0 Å². The molecule has 0 unspecified atom stereocenters. The Kier molecular flexibility index (Phi) is 5.87. The van der Waals surface area contributed by atoms with Crippen LogP contribution in [-0.2, 0) is 0 Å². The Labute approximate surface area is 97.2 Å². The highest BCUT2D eigenvalue weighted by atomic mass is 15.2. The standard InChI is InChI=1S/C14H31N/c1-8-10-11-15(9-2)14(6,7)12-13(3,4)5/h8-12H2,1-7H3. The van der Waals surface area contributed by atoms with Gasteiger partial charge in [-0.3, -0.25) is 4.90 Å². The summed E-state index contributed by atoms with van der Waals surface area (Å²) in [6.07, 6.45) is 3.88. The molecule has 0 aliphatic rings. The lowest BCUT2D eigenvalue weighted by atomic mass is 9.80. The molecule has 1 nitrogen and oxygen atoms in total. The third kappa shape index (κ3) is 6.19. The molecule has 0 N–H and O–H groups in total. The third-order valence-electron chi connectivity index (χ3n) is 2.98. The van der Waals surface area contributed by atoms with Crippen LogP contribution in [0, 0.1) is 5.41 Å². The molecule has 0 amide bonds. The zero-order valence-electron chi connectivity index (χ0n) is 12.0. The number of hydrogen-bond acceptors (Lipinski definition) is 1. The van der Waals surface area contributed by atoms with Crippen LogP contribution in [0.1, 0.15) is 67.7 Å². The number of rotatable bonds is 6. The minimum Gasteiger partial charge on any atom is -0.298 e. The molecule has 0 saturated carbocycles. The Morgan fingerprint density at radius 2 is 1.47 bits per heavy atom. The molecule has 0 aliphatic carbocycles. The summed E-state index contributed by atoms with van der Waals surface area (Å²) in [6, 6.07) is 0. The van der Waals surface area contributed by atoms with Gasteiger partial charge >= 0.3 is 0 Å². The summed E-state index contributed by atoms with van der Waals surface area (Å²) in [5.41, 5.74) is 0.755. The van der Waals surface area contributed by atoms with Crippen molar-refractivity contribution in [3.05, 3.63) is 0 Å². The monoisotopic (exact) mass is 213 g/mol. The predicted octanol–water partition coefficient (Wildman–Crippen LogP) is 4.32. The quantitative estimate of drug-likeness (QED) is 0.635. The first-order valence-corrected chi connectivity index (χ1v) is 6.48. The molecule has 15 heavy (non-hydrogen) atoms. The van der Waals surface area contributed by atoms with Crippen molar-refractivity contribution in [3.8, 4) is 0 Å². The normalized spacial score (nSPS) is 13.6. The summed E-state index contributed by atoms with van der Waals surface area (Å²) < 4.78 is 0. The van der Waals surface area contributed by atoms with E-state index in [0.29, 0.717) is 11.0 Å². The van der Waals surface area contributed by atoms with E-state index in [1.54, 1.807) is 0 Å². The summed E-state index contributed by atoms with van der Waals surface area (Å²) in [4.78, 5) is 2.63. The van der Waals surface area contributed by atoms with Gasteiger partial charge in [-0.05, 0) is 45.2 Å². The number of nitrogens with zero attached hydrogens (tertiary/aromatic N) is 1. The molecular weight excluding hydrogens is 182 g/mol. The topological polar surface area (TPSA) is 3.24 Å². The average molecular weight is 213 g/mol. The minimum atomic E-state index is 0.335. The third-order valence-corrected chi connectivity index (χ3v) is 2.98. The van der Waals surface area contributed by atoms with E-state index in [9.17, 15) is 0 Å². The highest BCUT2D eigenvalue weighted by molar-refractivity contribution is 4.85. The van der Waals surface area contributed by atoms with Gasteiger partial charge in [0.25, 0.3) is 0 Å². The average Bonchev–Trinajstić information content (AvgIpc) is 2.00. The lowest BCUT2D eigenvalue weighted by Crippen LogP contribution is -2.46. The van der Waals surface area contributed by atoms with Gasteiger partial charge in [0.2, 0.25) is 0 Å². The first-order chi connectivity index (χ1) is 6.73. The molecule has 0 bridgehead atoms. The van der Waals surface area contributed by atoms with Crippen LogP contribution >= 0.6 is 0 Å². The molecule has 0 aromatic heterocycles. The van der Waals surface area contributed by atoms with E-state index in [2.05, 4.69) is 53.4 Å². The molecule has 0 rings (SSSR count). The van der Waals surface area contributed by atoms with Crippen LogP contribution in [-0.4, -0.2) is 23.5 Å². The van der Waals surface area contributed by atoms with Crippen molar-refractivity contribution in [3.63, 3.8) is 0 Å². The Hall–Kier alpha value is -0.0400. The van der Waals surface area contributed by atoms with Gasteiger partial charge in [0, 0.05) is 5.54 Å². The Balaban J connectivity index is 4.37. The van der Waals surface area contributed by atoms with Crippen LogP contribution in [0.4, 0.5) is 0 Å². The van der Waals surface area contributed by atoms with Crippen LogP contribution in [0.2, 0.25) is 0 Å². The summed E-state index contributed by atoms with van der Waals surface area (Å²) in [6.45, 7) is 18.7. The van der Waals surface area contributed by atoms with E-state index in [-0.39, 0.29) is 0 Å². The van der Waals surface area contributed by atoms with Gasteiger partial charge in [-0.25, -0.2) is 0 Å². The summed E-state index contributed by atoms with van der Waals surface area (Å²) in [7, 11) is 0. The van der Waals surface area contributed by atoms with Gasteiger partial charge in [-0.15, -0.1) is 0 Å². The number of hydrogen-bond donors (Lipinski definition) is 0. The number of unbranched alkanes of at least 4 members (excludes halogenated alkanes) is 1. The smallest absolute Gasteiger partial charge is 0.0158 e. The van der Waals surface area contributed by atoms with Gasteiger partial charge in [0.05, 0.1) is 0 Å². The minimum absolute atomic E-state index is 0.335. The molecule has 1 heteroatoms. The lowest BCUT2D eigenvalue weighted by Gasteiger charge is -2.42. The second kappa shape index (κ2) is 5.89. The zero-order valence-corrected chi connectivity index (χ0v) is 12.0. The van der Waals surface area contributed by atoms with Gasteiger partial charge in [-0.2, -0.15) is 0 Å². The van der Waals surface area contributed by atoms with E-state index in [1.807, 2.05) is 0 Å². The first kappa shape index (κ1) is 15.0. The fourth-order valence-corrected chi connectivity index (χ4v) is 2.65. The van der Waals surface area contributed by atoms with E-state index in [1.165, 1.54) is 32.4 Å². The zero-order chi connectivity index (χ0) is 12.1. The highest BCUT2D eigenvalue weighted by Crippen LogP contribution is 2.31. The molecular formula is C14H31N. The van der Waals surface area contributed by atoms with Gasteiger partial charge in [0.1, 0.15) is 0 Å². The predicted molar refractivity (Wildman–Crippen MR) is 70.3 cm³/mol. The van der Waals surface area contributed by atoms with Gasteiger partial charge < -0.3 is 0 Å². The maximum absolute atomic E-state index is 2.63. The molecule has 0 saturated heterocycles. The maximum Gasteiger partial charge on any atom is 0.0158 e. The van der Waals surface area contributed by atoms with Crippen LogP contribution < -0.4 is 0 Å². The Morgan fingerprint density at radius 3 is 1.80 bits per heavy atom. The molecule has 0 fully saturated rings. The van der Waals surface area contributed by atoms with Crippen LogP contribution in [0.25, 0.3) is 0 Å². The van der Waals surface area contributed by atoms with Crippen LogP contribution in [0.5, 0.6) is 0 Å². The summed E-state index contributed by atoms with van der Waals surface area (Å²) in [5, 5.41) is 0. The molecule has 0 atom stereocenters. The van der Waals surface area contributed by atoms with Gasteiger partial charge in [0.15, 0.2) is 0 Å². The van der Waals surface area contributed by atoms with E-state index < -0.39 is 0 Å². The van der Waals surface area contributed by atoms with Crippen molar-refractivity contribution in [1.82, 2.24) is 4.90 Å². The van der Waals surface area contributed by atoms with Crippen molar-refractivity contribution in [2.45, 2.75) is 73.3 Å². The van der Waals surface area contributed by atoms with E-state index in [0.717, 1.165) is 0 Å². The van der Waals surface area contributed by atoms with E-state index >= 15 is 0 Å². The SMILES string of the molecule is CCCCN(CC)C(C)(C)CC(C)(C)C. The molecule has 0 heterocycles. The fourth-order valence-electron chi connectivity index (χ4n) is 2.65. The largest absolute Gasteiger partial charge is 0.298 e. The lowest BCUT2D eigenvalue weighted by molar-refractivity contribution is 0.0809. The molecule has 0 aliphatic heterocycles. The van der Waals surface area contributed by atoms with Crippen LogP contribution in [0.3, 0.4) is 0 Å². The second-order valence-electron chi connectivity index (χ2n) is 6.48. The van der Waals surface area contributed by atoms with Crippen molar-refractivity contribution in [2.24, 2.45) is 5.41 Å². The fraction of sp³-hybridized carbons (Fsp3) is 1.00. The second-order valence-corrected chi connectivity index (χ2v) is 6.48. The van der Waals surface area contributed by atoms with Crippen LogP contribution in [0.15, 0.2) is 0 Å². The Morgan fingerprint density at radius 1 is 0.933 bits per heavy atom. The van der Waals surface area contributed by atoms with E-state index in [4.69, 9.17) is 0 Å². The van der Waals surface area contributed by atoms with Crippen molar-refractivity contribution in [1.29, 1.82) is 0 Å². The maximum atomic E-state index is 2.63. The van der Waals surface area contributed by atoms with Crippen molar-refractivity contribution >= 4 is 0 Å². The molecule has 0 spiro atoms. The molecule has 0 radical (unpaired) electrons. The van der Waals surface area contributed by atoms with Crippen molar-refractivity contribution in [2.75, 3.05) is 13.1 Å².